The third-order valence-corrected chi connectivity index (χ3v) is 11.0. The predicted octanol–water partition coefficient (Wildman–Crippen LogP) is 14.8. The first-order valence-electron chi connectivity index (χ1n) is 19.0. The fraction of sp³-hybridized carbons (Fsp3) is 0. The number of benzene rings is 9. The maximum Gasteiger partial charge on any atom is 0.227 e. The molecule has 0 atom stereocenters. The number of hydrogen-bond acceptors (Lipinski definition) is 6. The lowest BCUT2D eigenvalue weighted by Gasteiger charge is -2.30. The highest BCUT2D eigenvalue weighted by atomic mass is 16.4. The number of rotatable bonds is 7. The SMILES string of the molecule is c1ccc(N(c2ccccc2)c2cc(-c3nc4c5cccc6oc7cccc(c4o3)c7c65)cc(N(c3ccccc3)c3ccc4c(c3)oc3ccccc34)c2)cc1. The van der Waals surface area contributed by atoms with Gasteiger partial charge in [-0.2, -0.15) is 0 Å². The molecule has 0 radical (unpaired) electrons. The highest BCUT2D eigenvalue weighted by Gasteiger charge is 2.24. The minimum atomic E-state index is 0.529. The lowest BCUT2D eigenvalue weighted by Crippen LogP contribution is -2.13. The molecule has 0 unspecified atom stereocenters. The number of furan rings is 2. The van der Waals surface area contributed by atoms with Crippen molar-refractivity contribution in [1.82, 2.24) is 4.98 Å². The molecule has 0 bridgehead atoms. The van der Waals surface area contributed by atoms with Crippen LogP contribution in [0.2, 0.25) is 0 Å². The quantitative estimate of drug-likeness (QED) is 0.152. The topological polar surface area (TPSA) is 58.8 Å². The maximum absolute atomic E-state index is 6.92. The largest absolute Gasteiger partial charge is 0.456 e. The first kappa shape index (κ1) is 31.5. The summed E-state index contributed by atoms with van der Waals surface area (Å²) in [6, 6.07) is 64.9. The van der Waals surface area contributed by atoms with Crippen LogP contribution in [0.1, 0.15) is 0 Å². The van der Waals surface area contributed by atoms with Crippen molar-refractivity contribution in [2.45, 2.75) is 0 Å². The average molecular weight is 734 g/mol. The Bertz CT molecular complexity index is 3300. The van der Waals surface area contributed by atoms with Crippen molar-refractivity contribution in [1.29, 1.82) is 0 Å². The summed E-state index contributed by atoms with van der Waals surface area (Å²) in [4.78, 5) is 9.86. The van der Waals surface area contributed by atoms with Gasteiger partial charge in [-0.1, -0.05) is 97.1 Å². The molecule has 6 nitrogen and oxygen atoms in total. The number of anilines is 6. The summed E-state index contributed by atoms with van der Waals surface area (Å²) in [6.07, 6.45) is 0. The number of para-hydroxylation sites is 4. The van der Waals surface area contributed by atoms with Gasteiger partial charge in [0.15, 0.2) is 5.58 Å². The Kier molecular flexibility index (Phi) is 6.83. The van der Waals surface area contributed by atoms with Gasteiger partial charge in [0.1, 0.15) is 27.8 Å². The third-order valence-electron chi connectivity index (χ3n) is 11.0. The first-order valence-corrected chi connectivity index (χ1v) is 19.0. The van der Waals surface area contributed by atoms with Crippen LogP contribution in [0.4, 0.5) is 34.1 Å². The van der Waals surface area contributed by atoms with E-state index in [1.165, 1.54) is 0 Å². The smallest absolute Gasteiger partial charge is 0.227 e. The lowest BCUT2D eigenvalue weighted by atomic mass is 10.0. The van der Waals surface area contributed by atoms with Crippen LogP contribution in [0.5, 0.6) is 0 Å². The van der Waals surface area contributed by atoms with Gasteiger partial charge in [-0.05, 0) is 84.9 Å². The van der Waals surface area contributed by atoms with E-state index in [0.29, 0.717) is 5.89 Å². The van der Waals surface area contributed by atoms with E-state index in [1.807, 2.05) is 54.6 Å². The minimum absolute atomic E-state index is 0.529. The van der Waals surface area contributed by atoms with Crippen molar-refractivity contribution in [3.63, 3.8) is 0 Å². The molecule has 0 spiro atoms. The molecule has 57 heavy (non-hydrogen) atoms. The van der Waals surface area contributed by atoms with E-state index < -0.39 is 0 Å². The first-order chi connectivity index (χ1) is 28.2. The predicted molar refractivity (Wildman–Crippen MR) is 232 cm³/mol. The van der Waals surface area contributed by atoms with Gasteiger partial charge in [0.2, 0.25) is 5.89 Å². The van der Waals surface area contributed by atoms with E-state index >= 15 is 0 Å². The Morgan fingerprint density at radius 3 is 1.51 bits per heavy atom. The van der Waals surface area contributed by atoms with Crippen LogP contribution in [-0.2, 0) is 0 Å². The lowest BCUT2D eigenvalue weighted by molar-refractivity contribution is 0.623. The molecule has 0 aliphatic heterocycles. The molecule has 9 aromatic carbocycles. The van der Waals surface area contributed by atoms with Crippen LogP contribution < -0.4 is 9.80 Å². The Labute approximate surface area is 326 Å². The average Bonchev–Trinajstić information content (AvgIpc) is 3.99. The van der Waals surface area contributed by atoms with Crippen molar-refractivity contribution < 1.29 is 13.3 Å². The van der Waals surface area contributed by atoms with Crippen molar-refractivity contribution in [2.24, 2.45) is 0 Å². The van der Waals surface area contributed by atoms with Gasteiger partial charge in [0.25, 0.3) is 0 Å². The van der Waals surface area contributed by atoms with Gasteiger partial charge in [-0.3, -0.25) is 0 Å². The molecule has 6 heteroatoms. The van der Waals surface area contributed by atoms with E-state index in [4.69, 9.17) is 18.2 Å². The summed E-state index contributed by atoms with van der Waals surface area (Å²) in [7, 11) is 0. The van der Waals surface area contributed by atoms with Gasteiger partial charge in [-0.25, -0.2) is 4.98 Å². The summed E-state index contributed by atoms with van der Waals surface area (Å²) >= 11 is 0. The van der Waals surface area contributed by atoms with Crippen LogP contribution in [0.25, 0.3) is 77.2 Å². The fourth-order valence-corrected chi connectivity index (χ4v) is 8.52. The van der Waals surface area contributed by atoms with E-state index in [2.05, 4.69) is 143 Å². The molecule has 0 saturated carbocycles. The molecule has 0 aliphatic carbocycles. The molecule has 0 saturated heterocycles. The van der Waals surface area contributed by atoms with E-state index in [9.17, 15) is 0 Å². The van der Waals surface area contributed by atoms with Gasteiger partial charge >= 0.3 is 0 Å². The zero-order chi connectivity index (χ0) is 37.5. The van der Waals surface area contributed by atoms with E-state index in [0.717, 1.165) is 105 Å². The Morgan fingerprint density at radius 2 is 0.842 bits per heavy atom. The van der Waals surface area contributed by atoms with Crippen LogP contribution >= 0.6 is 0 Å². The van der Waals surface area contributed by atoms with Gasteiger partial charge in [0.05, 0.1) is 0 Å². The molecule has 3 aromatic heterocycles. The third kappa shape index (κ3) is 4.94. The molecule has 268 valence electrons. The van der Waals surface area contributed by atoms with Crippen molar-refractivity contribution in [3.05, 3.63) is 188 Å². The number of oxazole rings is 1. The van der Waals surface area contributed by atoms with Crippen molar-refractivity contribution in [3.8, 4) is 11.5 Å². The molecule has 0 N–H and O–H groups in total. The Balaban J connectivity index is 1.14. The molecule has 0 amide bonds. The van der Waals surface area contributed by atoms with Crippen LogP contribution in [-0.4, -0.2) is 4.98 Å². The second-order valence-electron chi connectivity index (χ2n) is 14.4. The zero-order valence-corrected chi connectivity index (χ0v) is 30.5. The van der Waals surface area contributed by atoms with Gasteiger partial charge in [-0.15, -0.1) is 0 Å². The zero-order valence-electron chi connectivity index (χ0n) is 30.5. The summed E-state index contributed by atoms with van der Waals surface area (Å²) in [5.41, 5.74) is 11.6. The molecular formula is C51H31N3O3. The van der Waals surface area contributed by atoms with Crippen molar-refractivity contribution in [2.75, 3.05) is 9.80 Å². The summed E-state index contributed by atoms with van der Waals surface area (Å²) in [5, 5.41) is 6.29. The number of hydrogen-bond donors (Lipinski definition) is 0. The standard InChI is InChI=1S/C51H31N3O3/c1-4-14-33(15-5-1)53(34-16-6-2-7-17-34)37-28-32(51-52-49-41-21-12-24-44-47(41)48-42(50(49)57-51)22-13-25-45(48)56-44)29-38(30-37)54(35-18-8-3-9-19-35)36-26-27-40-39-20-10-11-23-43(39)55-46(40)31-36/h1-31H. The molecular weight excluding hydrogens is 703 g/mol. The van der Waals surface area contributed by atoms with Crippen LogP contribution in [0, 0.1) is 0 Å². The van der Waals surface area contributed by atoms with Crippen LogP contribution in [0.15, 0.2) is 201 Å². The minimum Gasteiger partial charge on any atom is -0.456 e. The van der Waals surface area contributed by atoms with Crippen molar-refractivity contribution >= 4 is 99.9 Å². The Morgan fingerprint density at radius 1 is 0.333 bits per heavy atom. The number of aromatic nitrogens is 1. The normalized spacial score (nSPS) is 11.9. The Hall–Kier alpha value is -7.83. The van der Waals surface area contributed by atoms with Gasteiger partial charge in [0, 0.05) is 78.1 Å². The maximum atomic E-state index is 6.92. The van der Waals surface area contributed by atoms with E-state index in [-0.39, 0.29) is 0 Å². The van der Waals surface area contributed by atoms with Gasteiger partial charge < -0.3 is 23.1 Å². The molecule has 12 aromatic rings. The highest BCUT2D eigenvalue weighted by molar-refractivity contribution is 6.31. The fourth-order valence-electron chi connectivity index (χ4n) is 8.52. The van der Waals surface area contributed by atoms with E-state index in [1.54, 1.807) is 0 Å². The number of fused-ring (bicyclic) bond motifs is 6. The summed E-state index contributed by atoms with van der Waals surface area (Å²) in [5.74, 6) is 0.529. The highest BCUT2D eigenvalue weighted by Crippen LogP contribution is 2.47. The van der Waals surface area contributed by atoms with Crippen LogP contribution in [0.3, 0.4) is 0 Å². The molecule has 12 rings (SSSR count). The molecule has 3 heterocycles. The molecule has 0 aliphatic rings. The molecule has 0 fully saturated rings. The monoisotopic (exact) mass is 733 g/mol. The number of nitrogens with zero attached hydrogens (tertiary/aromatic N) is 3. The summed E-state index contributed by atoms with van der Waals surface area (Å²) in [6.45, 7) is 0. The second-order valence-corrected chi connectivity index (χ2v) is 14.4. The second kappa shape index (κ2) is 12.3. The summed E-state index contributed by atoms with van der Waals surface area (Å²) < 4.78 is 19.6.